The lowest BCUT2D eigenvalue weighted by Gasteiger charge is -2.10. The summed E-state index contributed by atoms with van der Waals surface area (Å²) in [5, 5.41) is 10.7. The molecule has 0 heterocycles. The summed E-state index contributed by atoms with van der Waals surface area (Å²) in [4.78, 5) is 0. The van der Waals surface area contributed by atoms with Crippen molar-refractivity contribution in [2.24, 2.45) is 0 Å². The van der Waals surface area contributed by atoms with Crippen molar-refractivity contribution in [1.29, 1.82) is 5.26 Å². The zero-order valence-electron chi connectivity index (χ0n) is 12.1. The standard InChI is InChI=1S/C18H13NO3S/c19-12-15-7-1-2-8-16(15)13-23(20,21)22-18-11-5-9-14-6-3-4-10-17(14)18/h1-11H,13H2. The number of rotatable bonds is 4. The number of nitriles is 1. The van der Waals surface area contributed by atoms with Gasteiger partial charge >= 0.3 is 10.1 Å². The first-order chi connectivity index (χ1) is 11.1. The third kappa shape index (κ3) is 3.33. The molecular weight excluding hydrogens is 310 g/mol. The minimum absolute atomic E-state index is 0.289. The fourth-order valence-corrected chi connectivity index (χ4v) is 3.49. The van der Waals surface area contributed by atoms with Crippen LogP contribution in [-0.4, -0.2) is 8.42 Å². The summed E-state index contributed by atoms with van der Waals surface area (Å²) in [7, 11) is -3.86. The Bertz CT molecular complexity index is 999. The second kappa shape index (κ2) is 6.11. The van der Waals surface area contributed by atoms with Gasteiger partial charge in [0.1, 0.15) is 11.5 Å². The van der Waals surface area contributed by atoms with Crippen molar-refractivity contribution in [3.63, 3.8) is 0 Å². The summed E-state index contributed by atoms with van der Waals surface area (Å²) in [5.41, 5.74) is 0.757. The smallest absolute Gasteiger partial charge is 0.313 e. The van der Waals surface area contributed by atoms with E-state index in [1.165, 1.54) is 0 Å². The van der Waals surface area contributed by atoms with E-state index >= 15 is 0 Å². The Morgan fingerprint density at radius 1 is 0.913 bits per heavy atom. The summed E-state index contributed by atoms with van der Waals surface area (Å²) in [6, 6.07) is 21.2. The van der Waals surface area contributed by atoms with E-state index in [4.69, 9.17) is 9.44 Å². The van der Waals surface area contributed by atoms with Crippen molar-refractivity contribution in [3.8, 4) is 11.8 Å². The minimum Gasteiger partial charge on any atom is -0.382 e. The summed E-state index contributed by atoms with van der Waals surface area (Å²) in [6.07, 6.45) is 0. The molecular formula is C18H13NO3S. The second-order valence-corrected chi connectivity index (χ2v) is 6.60. The van der Waals surface area contributed by atoms with Gasteiger partial charge in [-0.1, -0.05) is 54.6 Å². The van der Waals surface area contributed by atoms with E-state index < -0.39 is 10.1 Å². The predicted molar refractivity (Wildman–Crippen MR) is 88.4 cm³/mol. The Balaban J connectivity index is 1.93. The Morgan fingerprint density at radius 3 is 2.43 bits per heavy atom. The van der Waals surface area contributed by atoms with Crippen LogP contribution in [-0.2, 0) is 15.9 Å². The number of hydrogen-bond donors (Lipinski definition) is 0. The van der Waals surface area contributed by atoms with E-state index in [0.29, 0.717) is 11.1 Å². The minimum atomic E-state index is -3.86. The molecule has 0 atom stereocenters. The van der Waals surface area contributed by atoms with Crippen LogP contribution >= 0.6 is 0 Å². The number of hydrogen-bond acceptors (Lipinski definition) is 4. The van der Waals surface area contributed by atoms with Gasteiger partial charge in [0, 0.05) is 5.39 Å². The molecule has 0 aromatic heterocycles. The van der Waals surface area contributed by atoms with E-state index in [-0.39, 0.29) is 11.5 Å². The summed E-state index contributed by atoms with van der Waals surface area (Å²) in [6.45, 7) is 0. The van der Waals surface area contributed by atoms with Crippen molar-refractivity contribution in [2.45, 2.75) is 5.75 Å². The van der Waals surface area contributed by atoms with Crippen LogP contribution in [0, 0.1) is 11.3 Å². The van der Waals surface area contributed by atoms with Gasteiger partial charge in [-0.25, -0.2) is 0 Å². The highest BCUT2D eigenvalue weighted by atomic mass is 32.2. The molecule has 5 heteroatoms. The first-order valence-corrected chi connectivity index (χ1v) is 8.55. The van der Waals surface area contributed by atoms with Crippen LogP contribution in [0.5, 0.6) is 5.75 Å². The molecule has 3 rings (SSSR count). The molecule has 0 aliphatic rings. The first kappa shape index (κ1) is 15.1. The second-order valence-electron chi connectivity index (χ2n) is 5.03. The molecule has 0 spiro atoms. The molecule has 23 heavy (non-hydrogen) atoms. The van der Waals surface area contributed by atoms with Gasteiger partial charge in [0.25, 0.3) is 0 Å². The van der Waals surface area contributed by atoms with Crippen molar-refractivity contribution in [3.05, 3.63) is 77.9 Å². The molecule has 0 amide bonds. The SMILES string of the molecule is N#Cc1ccccc1CS(=O)(=O)Oc1cccc2ccccc12. The Hall–Kier alpha value is -2.84. The van der Waals surface area contributed by atoms with Crippen LogP contribution in [0.2, 0.25) is 0 Å². The quantitative estimate of drug-likeness (QED) is 0.688. The number of fused-ring (bicyclic) bond motifs is 1. The van der Waals surface area contributed by atoms with Gasteiger partial charge in [-0.3, -0.25) is 0 Å². The average molecular weight is 323 g/mol. The number of nitrogens with zero attached hydrogens (tertiary/aromatic N) is 1. The first-order valence-electron chi connectivity index (χ1n) is 6.97. The molecule has 0 bridgehead atoms. The van der Waals surface area contributed by atoms with Crippen LogP contribution in [0.3, 0.4) is 0 Å². The van der Waals surface area contributed by atoms with E-state index in [2.05, 4.69) is 0 Å². The molecule has 0 aliphatic heterocycles. The van der Waals surface area contributed by atoms with Crippen LogP contribution in [0.4, 0.5) is 0 Å². The molecule has 0 N–H and O–H groups in total. The van der Waals surface area contributed by atoms with Crippen LogP contribution in [0.1, 0.15) is 11.1 Å². The number of benzene rings is 3. The van der Waals surface area contributed by atoms with Gasteiger partial charge in [0.2, 0.25) is 0 Å². The lowest BCUT2D eigenvalue weighted by Crippen LogP contribution is -2.13. The zero-order valence-corrected chi connectivity index (χ0v) is 13.0. The molecule has 4 nitrogen and oxygen atoms in total. The van der Waals surface area contributed by atoms with Crippen LogP contribution in [0.25, 0.3) is 10.8 Å². The molecule has 0 saturated carbocycles. The van der Waals surface area contributed by atoms with E-state index in [9.17, 15) is 8.42 Å². The van der Waals surface area contributed by atoms with Gasteiger partial charge < -0.3 is 4.18 Å². The van der Waals surface area contributed by atoms with E-state index in [1.54, 1.807) is 36.4 Å². The maximum Gasteiger partial charge on any atom is 0.313 e. The van der Waals surface area contributed by atoms with E-state index in [0.717, 1.165) is 10.8 Å². The summed E-state index contributed by atoms with van der Waals surface area (Å²) in [5.74, 6) is -0.0579. The molecule has 0 fully saturated rings. The van der Waals surface area contributed by atoms with Crippen molar-refractivity contribution >= 4 is 20.9 Å². The van der Waals surface area contributed by atoms with Crippen molar-refractivity contribution in [1.82, 2.24) is 0 Å². The largest absolute Gasteiger partial charge is 0.382 e. The van der Waals surface area contributed by atoms with Gasteiger partial charge in [-0.15, -0.1) is 0 Å². The lowest BCUT2D eigenvalue weighted by atomic mass is 10.1. The normalized spacial score (nSPS) is 11.1. The van der Waals surface area contributed by atoms with Gasteiger partial charge in [-0.05, 0) is 23.1 Å². The van der Waals surface area contributed by atoms with Gasteiger partial charge in [-0.2, -0.15) is 13.7 Å². The fraction of sp³-hybridized carbons (Fsp3) is 0.0556. The predicted octanol–water partition coefficient (Wildman–Crippen LogP) is 3.62. The maximum atomic E-state index is 12.3. The molecule has 3 aromatic carbocycles. The highest BCUT2D eigenvalue weighted by Gasteiger charge is 2.17. The third-order valence-corrected chi connectivity index (χ3v) is 4.53. The highest BCUT2D eigenvalue weighted by molar-refractivity contribution is 7.86. The van der Waals surface area contributed by atoms with Crippen molar-refractivity contribution < 1.29 is 12.6 Å². The topological polar surface area (TPSA) is 67.2 Å². The van der Waals surface area contributed by atoms with E-state index in [1.807, 2.05) is 36.4 Å². The van der Waals surface area contributed by atoms with Gasteiger partial charge in [0.05, 0.1) is 11.6 Å². The Morgan fingerprint density at radius 2 is 1.61 bits per heavy atom. The molecule has 3 aromatic rings. The molecule has 114 valence electrons. The monoisotopic (exact) mass is 323 g/mol. The summed E-state index contributed by atoms with van der Waals surface area (Å²) >= 11 is 0. The Kier molecular flexibility index (Phi) is 4.00. The fourth-order valence-electron chi connectivity index (χ4n) is 2.38. The molecule has 0 unspecified atom stereocenters. The lowest BCUT2D eigenvalue weighted by molar-refractivity contribution is 0.487. The van der Waals surface area contributed by atoms with Gasteiger partial charge in [0.15, 0.2) is 0 Å². The van der Waals surface area contributed by atoms with Crippen LogP contribution < -0.4 is 4.18 Å². The summed E-state index contributed by atoms with van der Waals surface area (Å²) < 4.78 is 30.0. The molecule has 0 radical (unpaired) electrons. The highest BCUT2D eigenvalue weighted by Crippen LogP contribution is 2.27. The average Bonchev–Trinajstić information content (AvgIpc) is 2.55. The Labute approximate surface area is 134 Å². The van der Waals surface area contributed by atoms with Crippen molar-refractivity contribution in [2.75, 3.05) is 0 Å². The van der Waals surface area contributed by atoms with Crippen LogP contribution in [0.15, 0.2) is 66.7 Å². The molecule has 0 aliphatic carbocycles. The molecule has 0 saturated heterocycles. The third-order valence-electron chi connectivity index (χ3n) is 3.44. The maximum absolute atomic E-state index is 12.3. The zero-order chi connectivity index (χ0) is 16.3.